The second-order valence-corrected chi connectivity index (χ2v) is 13.1. The van der Waals surface area contributed by atoms with Crippen LogP contribution in [-0.4, -0.2) is 49.3 Å². The van der Waals surface area contributed by atoms with Gasteiger partial charge in [-0.05, 0) is 63.3 Å². The van der Waals surface area contributed by atoms with Crippen LogP contribution in [0.1, 0.15) is 68.6 Å². The monoisotopic (exact) mass is 526 g/mol. The van der Waals surface area contributed by atoms with E-state index in [9.17, 15) is 9.00 Å². The summed E-state index contributed by atoms with van der Waals surface area (Å²) in [5.74, 6) is 1.30. The molecule has 4 heterocycles. The number of fused-ring (bicyclic) bond motifs is 2. The number of nitrogens with two attached hydrogens (primary N) is 1. The molecule has 0 aromatic carbocycles. The highest BCUT2D eigenvalue weighted by Gasteiger charge is 2.40. The van der Waals surface area contributed by atoms with E-state index in [0.29, 0.717) is 40.6 Å². The first-order chi connectivity index (χ1) is 17.2. The molecule has 3 aromatic heterocycles. The van der Waals surface area contributed by atoms with Crippen LogP contribution < -0.4 is 15.8 Å². The third-order valence-electron chi connectivity index (χ3n) is 6.56. The van der Waals surface area contributed by atoms with E-state index in [1.807, 2.05) is 40.7 Å². The Hall–Kier alpha value is -3.31. The van der Waals surface area contributed by atoms with E-state index in [4.69, 9.17) is 25.0 Å². The van der Waals surface area contributed by atoms with Crippen LogP contribution in [0, 0.1) is 4.78 Å². The minimum Gasteiger partial charge on any atom is -0.477 e. The number of hydrogen-bond acceptors (Lipinski definition) is 10. The lowest BCUT2D eigenvalue weighted by Gasteiger charge is -2.36. The van der Waals surface area contributed by atoms with Crippen molar-refractivity contribution in [2.24, 2.45) is 5.73 Å². The minimum absolute atomic E-state index is 0.0851. The summed E-state index contributed by atoms with van der Waals surface area (Å²) in [6.45, 7) is 9.83. The number of anilines is 2. The molecule has 0 fully saturated rings. The lowest BCUT2D eigenvalue weighted by atomic mass is 9.84. The van der Waals surface area contributed by atoms with Gasteiger partial charge in [0, 0.05) is 45.6 Å². The first kappa shape index (κ1) is 26.7. The molecule has 10 nitrogen and oxygen atoms in total. The van der Waals surface area contributed by atoms with Gasteiger partial charge in [0.2, 0.25) is 5.88 Å². The van der Waals surface area contributed by atoms with Crippen LogP contribution in [0.25, 0.3) is 10.8 Å². The van der Waals surface area contributed by atoms with Gasteiger partial charge in [-0.3, -0.25) is 8.99 Å². The maximum absolute atomic E-state index is 12.4. The molecule has 37 heavy (non-hydrogen) atoms. The predicted molar refractivity (Wildman–Crippen MR) is 144 cm³/mol. The fourth-order valence-electron chi connectivity index (χ4n) is 4.20. The molecule has 1 aliphatic heterocycles. The van der Waals surface area contributed by atoms with Gasteiger partial charge in [0.1, 0.15) is 17.2 Å². The molecule has 4 N–H and O–H groups in total. The largest absolute Gasteiger partial charge is 0.477 e. The summed E-state index contributed by atoms with van der Waals surface area (Å²) in [5, 5.41) is 4.77. The molecule has 11 heteroatoms. The number of aromatic nitrogens is 3. The van der Waals surface area contributed by atoms with Crippen molar-refractivity contribution in [1.82, 2.24) is 15.0 Å². The van der Waals surface area contributed by atoms with Gasteiger partial charge >= 0.3 is 5.97 Å². The molecule has 0 bridgehead atoms. The Balaban J connectivity index is 1.67. The lowest BCUT2D eigenvalue weighted by molar-refractivity contribution is -0.0189. The third kappa shape index (κ3) is 5.83. The second-order valence-electron chi connectivity index (χ2n) is 10.7. The van der Waals surface area contributed by atoms with Crippen molar-refractivity contribution in [2.75, 3.05) is 23.9 Å². The number of carbonyl (C=O) groups excluding carboxylic acids is 1. The Morgan fingerprint density at radius 2 is 1.95 bits per heavy atom. The number of esters is 1. The zero-order chi connectivity index (χ0) is 27.2. The summed E-state index contributed by atoms with van der Waals surface area (Å²) >= 11 is 0. The molecule has 2 atom stereocenters. The maximum atomic E-state index is 12.4. The normalized spacial score (nSPS) is 18.6. The summed E-state index contributed by atoms with van der Waals surface area (Å²) in [4.78, 5) is 26.2. The van der Waals surface area contributed by atoms with Crippen molar-refractivity contribution in [3.05, 3.63) is 47.4 Å². The molecule has 0 unspecified atom stereocenters. The van der Waals surface area contributed by atoms with Crippen LogP contribution in [0.5, 0.6) is 5.88 Å². The number of pyridine rings is 3. The second kappa shape index (κ2) is 9.53. The van der Waals surface area contributed by atoms with Crippen molar-refractivity contribution in [3.8, 4) is 5.88 Å². The van der Waals surface area contributed by atoms with Crippen molar-refractivity contribution in [2.45, 2.75) is 58.1 Å². The van der Waals surface area contributed by atoms with E-state index in [1.54, 1.807) is 24.5 Å². The maximum Gasteiger partial charge on any atom is 0.340 e. The van der Waals surface area contributed by atoms with Crippen molar-refractivity contribution in [1.29, 1.82) is 4.78 Å². The molecule has 198 valence electrons. The van der Waals surface area contributed by atoms with Crippen LogP contribution in [0.4, 0.5) is 11.6 Å². The molecule has 0 saturated carbocycles. The average molecular weight is 527 g/mol. The van der Waals surface area contributed by atoms with E-state index in [1.165, 1.54) is 6.26 Å². The molecular weight excluding hydrogens is 492 g/mol. The van der Waals surface area contributed by atoms with Gasteiger partial charge in [0.05, 0.1) is 23.3 Å². The van der Waals surface area contributed by atoms with E-state index in [2.05, 4.69) is 15.3 Å². The average Bonchev–Trinajstić information content (AvgIpc) is 2.78. The first-order valence-corrected chi connectivity index (χ1v) is 14.2. The van der Waals surface area contributed by atoms with Crippen LogP contribution in [0.15, 0.2) is 30.6 Å². The van der Waals surface area contributed by atoms with Gasteiger partial charge in [-0.2, -0.15) is 0 Å². The molecule has 0 aliphatic carbocycles. The van der Waals surface area contributed by atoms with E-state index in [-0.39, 0.29) is 24.2 Å². The fourth-order valence-corrected chi connectivity index (χ4v) is 4.87. The highest BCUT2D eigenvalue weighted by molar-refractivity contribution is 7.91. The van der Waals surface area contributed by atoms with E-state index >= 15 is 0 Å². The van der Waals surface area contributed by atoms with Crippen LogP contribution in [0.2, 0.25) is 0 Å². The Labute approximate surface area is 217 Å². The summed E-state index contributed by atoms with van der Waals surface area (Å²) in [7, 11) is -2.57. The number of nitrogens with one attached hydrogen (secondary N) is 2. The SMILES string of the molecule is C[C@@H]1c2nc(Nc3cc4c(C(C)(C)N)cnc(OCCC[S@@](C)(=N)=O)c4cn3)ccc2C(=O)OC1(C)C. The summed E-state index contributed by atoms with van der Waals surface area (Å²) < 4.78 is 30.6. The van der Waals surface area contributed by atoms with Gasteiger partial charge in [-0.25, -0.2) is 19.7 Å². The zero-order valence-electron chi connectivity index (χ0n) is 22.0. The minimum atomic E-state index is -2.57. The summed E-state index contributed by atoms with van der Waals surface area (Å²) in [6, 6.07) is 5.32. The molecule has 0 radical (unpaired) electrons. The molecular formula is C26H34N6O4S. The molecule has 0 saturated heterocycles. The predicted octanol–water partition coefficient (Wildman–Crippen LogP) is 4.46. The molecule has 4 rings (SSSR count). The molecule has 3 aromatic rings. The van der Waals surface area contributed by atoms with Crippen molar-refractivity contribution < 1.29 is 18.5 Å². The lowest BCUT2D eigenvalue weighted by Crippen LogP contribution is -2.39. The van der Waals surface area contributed by atoms with E-state index in [0.717, 1.165) is 10.9 Å². The number of cyclic esters (lactones) is 1. The standard InChI is InChI=1S/C26H34N6O4S/c1-15-22-16(24(33)36-26(15,4)5)8-9-20(32-22)31-21-12-17-18(13-29-21)23(30-14-19(17)25(2,3)27)35-10-7-11-37(6,28)34/h8-9,12-15,28H,7,10-11,27H2,1-6H3,(H,29,31,32)/t15-,37+/m1/s1. The highest BCUT2D eigenvalue weighted by Crippen LogP contribution is 2.38. The van der Waals surface area contributed by atoms with Gasteiger partial charge in [0.15, 0.2) is 0 Å². The Morgan fingerprint density at radius 1 is 1.22 bits per heavy atom. The number of rotatable bonds is 8. The molecule has 0 spiro atoms. The van der Waals surface area contributed by atoms with Crippen molar-refractivity contribution >= 4 is 38.1 Å². The fraction of sp³-hybridized carbons (Fsp3) is 0.462. The van der Waals surface area contributed by atoms with Gasteiger partial charge in [-0.1, -0.05) is 6.92 Å². The Morgan fingerprint density at radius 3 is 2.62 bits per heavy atom. The quantitative estimate of drug-likeness (QED) is 0.285. The number of ether oxygens (including phenoxy) is 2. The van der Waals surface area contributed by atoms with Gasteiger partial charge in [-0.15, -0.1) is 0 Å². The zero-order valence-corrected chi connectivity index (χ0v) is 22.9. The van der Waals surface area contributed by atoms with Crippen LogP contribution in [-0.2, 0) is 20.0 Å². The Bertz CT molecular complexity index is 1460. The smallest absolute Gasteiger partial charge is 0.340 e. The third-order valence-corrected chi connectivity index (χ3v) is 7.62. The Kier molecular flexibility index (Phi) is 6.89. The number of nitrogens with zero attached hydrogens (tertiary/aromatic N) is 3. The van der Waals surface area contributed by atoms with Gasteiger partial charge in [0.25, 0.3) is 0 Å². The molecule has 0 amide bonds. The topological polar surface area (TPSA) is 153 Å². The molecule has 1 aliphatic rings. The summed E-state index contributed by atoms with van der Waals surface area (Å²) in [5.41, 5.74) is 7.08. The van der Waals surface area contributed by atoms with Crippen LogP contribution in [0.3, 0.4) is 0 Å². The number of hydrogen-bond donors (Lipinski definition) is 3. The van der Waals surface area contributed by atoms with Gasteiger partial charge < -0.3 is 20.5 Å². The summed E-state index contributed by atoms with van der Waals surface area (Å²) in [6.07, 6.45) is 5.26. The number of carbonyl (C=O) groups is 1. The first-order valence-electron chi connectivity index (χ1n) is 12.1. The van der Waals surface area contributed by atoms with Crippen LogP contribution >= 0.6 is 0 Å². The highest BCUT2D eigenvalue weighted by atomic mass is 32.2. The van der Waals surface area contributed by atoms with Crippen molar-refractivity contribution in [3.63, 3.8) is 0 Å². The van der Waals surface area contributed by atoms with E-state index < -0.39 is 20.9 Å².